The van der Waals surface area contributed by atoms with Crippen LogP contribution in [-0.2, 0) is 12.8 Å². The van der Waals surface area contributed by atoms with Gasteiger partial charge in [-0.2, -0.15) is 4.98 Å². The predicted octanol–water partition coefficient (Wildman–Crippen LogP) is 3.45. The summed E-state index contributed by atoms with van der Waals surface area (Å²) in [7, 11) is 4.28. The van der Waals surface area contributed by atoms with Crippen LogP contribution in [0.1, 0.15) is 24.2 Å². The minimum absolute atomic E-state index is 0.517. The number of aromatic nitrogens is 3. The molecule has 4 rings (SSSR count). The maximum absolute atomic E-state index is 5.45. The molecule has 0 spiro atoms. The van der Waals surface area contributed by atoms with Crippen molar-refractivity contribution < 1.29 is 4.52 Å². The van der Waals surface area contributed by atoms with Crippen molar-refractivity contribution in [2.45, 2.75) is 31.7 Å². The Hall–Kier alpha value is -2.73. The zero-order valence-corrected chi connectivity index (χ0v) is 16.6. The van der Waals surface area contributed by atoms with Gasteiger partial charge in [0.25, 0.3) is 5.89 Å². The van der Waals surface area contributed by atoms with Crippen LogP contribution in [-0.4, -0.2) is 53.3 Å². The van der Waals surface area contributed by atoms with Crippen LogP contribution in [0.15, 0.2) is 53.2 Å². The second-order valence-corrected chi connectivity index (χ2v) is 7.58. The molecule has 2 aromatic heterocycles. The SMILES string of the molecule is CN1CC[C@H](N(C)c2ccc(-c3nc(CCCc4ccccc4)no3)cn2)C1. The summed E-state index contributed by atoms with van der Waals surface area (Å²) in [4.78, 5) is 13.8. The summed E-state index contributed by atoms with van der Waals surface area (Å²) in [5.74, 6) is 2.27. The molecule has 1 atom stereocenters. The second-order valence-electron chi connectivity index (χ2n) is 7.58. The fourth-order valence-corrected chi connectivity index (χ4v) is 3.70. The zero-order valence-electron chi connectivity index (χ0n) is 16.6. The first-order chi connectivity index (χ1) is 13.7. The van der Waals surface area contributed by atoms with Crippen LogP contribution in [0.25, 0.3) is 11.5 Å². The maximum atomic E-state index is 5.45. The first kappa shape index (κ1) is 18.6. The van der Waals surface area contributed by atoms with Crippen molar-refractivity contribution in [1.82, 2.24) is 20.0 Å². The topological polar surface area (TPSA) is 58.3 Å². The second kappa shape index (κ2) is 8.52. The highest BCUT2D eigenvalue weighted by molar-refractivity contribution is 5.54. The number of likely N-dealkylation sites (N-methyl/N-ethyl adjacent to an activating group) is 2. The van der Waals surface area contributed by atoms with Gasteiger partial charge in [0.1, 0.15) is 5.82 Å². The van der Waals surface area contributed by atoms with Crippen LogP contribution in [0, 0.1) is 0 Å². The minimum atomic E-state index is 0.517. The quantitative estimate of drug-likeness (QED) is 0.629. The number of hydrogen-bond acceptors (Lipinski definition) is 6. The number of anilines is 1. The first-order valence-electron chi connectivity index (χ1n) is 9.93. The average Bonchev–Trinajstić information content (AvgIpc) is 3.38. The van der Waals surface area contributed by atoms with E-state index in [9.17, 15) is 0 Å². The van der Waals surface area contributed by atoms with Gasteiger partial charge in [-0.05, 0) is 50.6 Å². The van der Waals surface area contributed by atoms with Crippen molar-refractivity contribution in [1.29, 1.82) is 0 Å². The third kappa shape index (κ3) is 4.39. The Balaban J connectivity index is 1.34. The Morgan fingerprint density at radius 1 is 1.14 bits per heavy atom. The number of likely N-dealkylation sites (tertiary alicyclic amines) is 1. The molecule has 0 radical (unpaired) electrons. The average molecular weight is 377 g/mol. The third-order valence-corrected chi connectivity index (χ3v) is 5.45. The molecule has 3 aromatic rings. The van der Waals surface area contributed by atoms with Crippen molar-refractivity contribution in [3.63, 3.8) is 0 Å². The van der Waals surface area contributed by atoms with Crippen molar-refractivity contribution in [3.05, 3.63) is 60.0 Å². The monoisotopic (exact) mass is 377 g/mol. The van der Waals surface area contributed by atoms with Crippen LogP contribution in [0.4, 0.5) is 5.82 Å². The van der Waals surface area contributed by atoms with Gasteiger partial charge < -0.3 is 14.3 Å². The van der Waals surface area contributed by atoms with Gasteiger partial charge in [0, 0.05) is 32.3 Å². The molecule has 1 aromatic carbocycles. The number of hydrogen-bond donors (Lipinski definition) is 0. The molecule has 0 N–H and O–H groups in total. The lowest BCUT2D eigenvalue weighted by atomic mass is 10.1. The lowest BCUT2D eigenvalue weighted by Gasteiger charge is -2.25. The van der Waals surface area contributed by atoms with E-state index in [2.05, 4.69) is 63.3 Å². The Kier molecular flexibility index (Phi) is 5.67. The highest BCUT2D eigenvalue weighted by Crippen LogP contribution is 2.22. The van der Waals surface area contributed by atoms with Crippen molar-refractivity contribution >= 4 is 5.82 Å². The van der Waals surface area contributed by atoms with E-state index in [-0.39, 0.29) is 0 Å². The van der Waals surface area contributed by atoms with Crippen molar-refractivity contribution in [3.8, 4) is 11.5 Å². The standard InChI is InChI=1S/C22H27N5O/c1-26-14-13-19(16-26)27(2)21-12-11-18(15-23-21)22-24-20(25-28-22)10-6-9-17-7-4-3-5-8-17/h3-5,7-8,11-12,15,19H,6,9-10,13-14,16H2,1-2H3/t19-/m0/s1. The smallest absolute Gasteiger partial charge is 0.259 e. The molecule has 1 fully saturated rings. The molecular weight excluding hydrogens is 350 g/mol. The van der Waals surface area contributed by atoms with Gasteiger partial charge in [0.15, 0.2) is 5.82 Å². The van der Waals surface area contributed by atoms with Gasteiger partial charge >= 0.3 is 0 Å². The maximum Gasteiger partial charge on any atom is 0.259 e. The highest BCUT2D eigenvalue weighted by atomic mass is 16.5. The predicted molar refractivity (Wildman–Crippen MR) is 110 cm³/mol. The van der Waals surface area contributed by atoms with E-state index < -0.39 is 0 Å². The fraction of sp³-hybridized carbons (Fsp3) is 0.409. The van der Waals surface area contributed by atoms with E-state index in [1.807, 2.05) is 24.4 Å². The van der Waals surface area contributed by atoms with Gasteiger partial charge in [-0.25, -0.2) is 4.98 Å². The molecule has 6 heteroatoms. The zero-order chi connectivity index (χ0) is 19.3. The number of nitrogens with zero attached hydrogens (tertiary/aromatic N) is 5. The largest absolute Gasteiger partial charge is 0.355 e. The summed E-state index contributed by atoms with van der Waals surface area (Å²) in [6, 6.07) is 15.0. The normalized spacial score (nSPS) is 17.1. The first-order valence-corrected chi connectivity index (χ1v) is 9.93. The highest BCUT2D eigenvalue weighted by Gasteiger charge is 2.24. The minimum Gasteiger partial charge on any atom is -0.355 e. The molecule has 1 aliphatic heterocycles. The Morgan fingerprint density at radius 3 is 2.71 bits per heavy atom. The fourth-order valence-electron chi connectivity index (χ4n) is 3.70. The van der Waals surface area contributed by atoms with Gasteiger partial charge in [0.05, 0.1) is 5.56 Å². The van der Waals surface area contributed by atoms with E-state index >= 15 is 0 Å². The molecule has 0 amide bonds. The van der Waals surface area contributed by atoms with Crippen LogP contribution >= 0.6 is 0 Å². The Bertz CT molecular complexity index is 877. The van der Waals surface area contributed by atoms with Crippen molar-refractivity contribution in [2.75, 3.05) is 32.1 Å². The van der Waals surface area contributed by atoms with Gasteiger partial charge in [-0.15, -0.1) is 0 Å². The molecule has 0 unspecified atom stereocenters. The lowest BCUT2D eigenvalue weighted by Crippen LogP contribution is -2.34. The van der Waals surface area contributed by atoms with Crippen molar-refractivity contribution in [2.24, 2.45) is 0 Å². The van der Waals surface area contributed by atoms with Crippen LogP contribution < -0.4 is 4.90 Å². The summed E-state index contributed by atoms with van der Waals surface area (Å²) in [6.07, 6.45) is 5.82. The Morgan fingerprint density at radius 2 is 2.00 bits per heavy atom. The molecule has 146 valence electrons. The summed E-state index contributed by atoms with van der Waals surface area (Å²) in [6.45, 7) is 2.22. The summed E-state index contributed by atoms with van der Waals surface area (Å²) in [5, 5.41) is 4.12. The summed E-state index contributed by atoms with van der Waals surface area (Å²) < 4.78 is 5.45. The lowest BCUT2D eigenvalue weighted by molar-refractivity contribution is 0.409. The van der Waals surface area contributed by atoms with E-state index in [0.717, 1.165) is 49.6 Å². The molecule has 28 heavy (non-hydrogen) atoms. The number of aryl methyl sites for hydroxylation is 2. The number of benzene rings is 1. The van der Waals surface area contributed by atoms with Crippen LogP contribution in [0.3, 0.4) is 0 Å². The van der Waals surface area contributed by atoms with Crippen LogP contribution in [0.5, 0.6) is 0 Å². The number of pyridine rings is 1. The molecule has 3 heterocycles. The molecule has 0 saturated carbocycles. The van der Waals surface area contributed by atoms with Gasteiger partial charge in [0.2, 0.25) is 0 Å². The molecule has 1 aliphatic rings. The Labute approximate surface area is 166 Å². The van der Waals surface area contributed by atoms with Gasteiger partial charge in [-0.1, -0.05) is 35.5 Å². The molecule has 0 bridgehead atoms. The summed E-state index contributed by atoms with van der Waals surface area (Å²) in [5.41, 5.74) is 2.20. The number of rotatable bonds is 7. The molecule has 6 nitrogen and oxygen atoms in total. The van der Waals surface area contributed by atoms with E-state index in [4.69, 9.17) is 4.52 Å². The van der Waals surface area contributed by atoms with Crippen LogP contribution in [0.2, 0.25) is 0 Å². The van der Waals surface area contributed by atoms with E-state index in [1.54, 1.807) is 0 Å². The molecule has 0 aliphatic carbocycles. The molecular formula is C22H27N5O. The third-order valence-electron chi connectivity index (χ3n) is 5.45. The van der Waals surface area contributed by atoms with Gasteiger partial charge in [-0.3, -0.25) is 0 Å². The van der Waals surface area contributed by atoms with E-state index in [1.165, 1.54) is 12.0 Å². The summed E-state index contributed by atoms with van der Waals surface area (Å²) >= 11 is 0. The molecule has 1 saturated heterocycles. The van der Waals surface area contributed by atoms with E-state index in [0.29, 0.717) is 11.9 Å².